The van der Waals surface area contributed by atoms with Gasteiger partial charge in [0.1, 0.15) is 0 Å². The molecule has 2 aliphatic heterocycles. The van der Waals surface area contributed by atoms with Crippen molar-refractivity contribution in [3.63, 3.8) is 0 Å². The van der Waals surface area contributed by atoms with Crippen LogP contribution in [0.2, 0.25) is 0 Å². The molecule has 6 aromatic carbocycles. The number of hydrogen-bond donors (Lipinski definition) is 1. The number of ether oxygens (including phenoxy) is 2. The molecule has 8 rings (SSSR count). The Morgan fingerprint density at radius 3 is 2.09 bits per heavy atom. The summed E-state index contributed by atoms with van der Waals surface area (Å²) in [5, 5.41) is 12.1. The zero-order valence-corrected chi connectivity index (χ0v) is 29.9. The number of aliphatic hydroxyl groups excluding tert-OH is 1. The molecule has 0 bridgehead atoms. The lowest BCUT2D eigenvalue weighted by Crippen LogP contribution is -2.38. The van der Waals surface area contributed by atoms with Crippen LogP contribution in [-0.4, -0.2) is 46.4 Å². The summed E-state index contributed by atoms with van der Waals surface area (Å²) in [6.07, 6.45) is -0.159. The van der Waals surface area contributed by atoms with Crippen LogP contribution in [0.25, 0.3) is 21.9 Å². The van der Waals surface area contributed by atoms with Gasteiger partial charge in [0.15, 0.2) is 6.29 Å². The number of rotatable bonds is 10. The minimum absolute atomic E-state index is 0.00432. The maximum absolute atomic E-state index is 13.0. The van der Waals surface area contributed by atoms with Gasteiger partial charge >= 0.3 is 0 Å². The molecule has 6 aromatic rings. The van der Waals surface area contributed by atoms with Gasteiger partial charge in [0.2, 0.25) is 0 Å². The van der Waals surface area contributed by atoms with Gasteiger partial charge < -0.3 is 14.6 Å². The Bertz CT molecular complexity index is 2230. The number of imide groups is 1. The summed E-state index contributed by atoms with van der Waals surface area (Å²) in [6.45, 7) is 3.16. The molecular formula is C46H42N2O5. The second kappa shape index (κ2) is 14.9. The zero-order chi connectivity index (χ0) is 36.5. The number of likely N-dealkylation sites (N-methyl/N-ethyl adjacent to an activating group) is 1. The monoisotopic (exact) mass is 702 g/mol. The Balaban J connectivity index is 0.998. The van der Waals surface area contributed by atoms with E-state index in [0.717, 1.165) is 39.9 Å². The quantitative estimate of drug-likeness (QED) is 0.144. The van der Waals surface area contributed by atoms with Gasteiger partial charge in [-0.25, -0.2) is 0 Å². The predicted octanol–water partition coefficient (Wildman–Crippen LogP) is 9.03. The Kier molecular flexibility index (Phi) is 9.73. The van der Waals surface area contributed by atoms with E-state index in [1.807, 2.05) is 60.7 Å². The average molecular weight is 703 g/mol. The molecule has 53 heavy (non-hydrogen) atoms. The van der Waals surface area contributed by atoms with Gasteiger partial charge in [0, 0.05) is 24.6 Å². The van der Waals surface area contributed by atoms with Crippen molar-refractivity contribution < 1.29 is 24.2 Å². The summed E-state index contributed by atoms with van der Waals surface area (Å²) in [5.74, 6) is -0.522. The molecule has 4 atom stereocenters. The van der Waals surface area contributed by atoms with Gasteiger partial charge in [-0.1, -0.05) is 115 Å². The van der Waals surface area contributed by atoms with E-state index >= 15 is 0 Å². The Labute approximate surface area is 310 Å². The van der Waals surface area contributed by atoms with Gasteiger partial charge in [0.05, 0.1) is 36.5 Å². The lowest BCUT2D eigenvalue weighted by Gasteiger charge is -2.39. The van der Waals surface area contributed by atoms with Gasteiger partial charge in [-0.3, -0.25) is 19.4 Å². The molecule has 0 spiro atoms. The van der Waals surface area contributed by atoms with E-state index < -0.39 is 6.29 Å². The molecule has 0 aromatic heterocycles. The second-order valence-electron chi connectivity index (χ2n) is 14.1. The first-order valence-electron chi connectivity index (χ1n) is 18.2. The number of carbonyl (C=O) groups excluding carboxylic acids is 2. The van der Waals surface area contributed by atoms with Crippen LogP contribution in [0.15, 0.2) is 140 Å². The minimum Gasteiger partial charge on any atom is -0.392 e. The van der Waals surface area contributed by atoms with Crippen molar-refractivity contribution in [1.82, 2.24) is 9.80 Å². The summed E-state index contributed by atoms with van der Waals surface area (Å²) in [7, 11) is 2.15. The van der Waals surface area contributed by atoms with Gasteiger partial charge in [0.25, 0.3) is 11.8 Å². The largest absolute Gasteiger partial charge is 0.392 e. The zero-order valence-electron chi connectivity index (χ0n) is 29.9. The first-order valence-corrected chi connectivity index (χ1v) is 18.2. The molecule has 2 heterocycles. The molecule has 1 fully saturated rings. The molecule has 2 aliphatic rings. The van der Waals surface area contributed by atoms with E-state index in [-0.39, 0.29) is 43.2 Å². The fraction of sp³-hybridized carbons (Fsp3) is 0.217. The van der Waals surface area contributed by atoms with Crippen molar-refractivity contribution in [2.24, 2.45) is 0 Å². The number of aliphatic hydroxyl groups is 1. The van der Waals surface area contributed by atoms with E-state index in [1.54, 1.807) is 24.3 Å². The number of fused-ring (bicyclic) bond motifs is 2. The summed E-state index contributed by atoms with van der Waals surface area (Å²) >= 11 is 0. The highest BCUT2D eigenvalue weighted by Crippen LogP contribution is 2.39. The first kappa shape index (κ1) is 34.6. The number of carbonyl (C=O) groups is 2. The van der Waals surface area contributed by atoms with Crippen molar-refractivity contribution >= 4 is 22.6 Å². The minimum atomic E-state index is -0.574. The van der Waals surface area contributed by atoms with E-state index in [4.69, 9.17) is 9.47 Å². The Morgan fingerprint density at radius 1 is 0.698 bits per heavy atom. The van der Waals surface area contributed by atoms with Crippen LogP contribution in [0.5, 0.6) is 0 Å². The molecule has 1 saturated heterocycles. The summed E-state index contributed by atoms with van der Waals surface area (Å²) in [6, 6.07) is 46.4. The summed E-state index contributed by atoms with van der Waals surface area (Å²) < 4.78 is 13.4. The molecule has 0 aliphatic carbocycles. The van der Waals surface area contributed by atoms with Gasteiger partial charge in [-0.05, 0) is 82.4 Å². The third-order valence-corrected chi connectivity index (χ3v) is 10.7. The highest BCUT2D eigenvalue weighted by atomic mass is 16.7. The van der Waals surface area contributed by atoms with Crippen LogP contribution in [0.4, 0.5) is 0 Å². The molecule has 7 nitrogen and oxygen atoms in total. The molecule has 1 N–H and O–H groups in total. The van der Waals surface area contributed by atoms with Crippen LogP contribution in [0.1, 0.15) is 80.3 Å². The van der Waals surface area contributed by atoms with E-state index in [0.29, 0.717) is 17.5 Å². The van der Waals surface area contributed by atoms with Crippen molar-refractivity contribution in [1.29, 1.82) is 0 Å². The predicted molar refractivity (Wildman–Crippen MR) is 206 cm³/mol. The number of amides is 2. The average Bonchev–Trinajstić information content (AvgIpc) is 3.45. The SMILES string of the molecule is CC(c1ccc2ccccc2c1)N(C)CC1CC(c2ccc(CO)cc2)OC(c2ccc(-c3cccc(CN4C(=O)c5ccccc5C4=O)c3)cc2)O1. The molecule has 266 valence electrons. The van der Waals surface area contributed by atoms with Crippen molar-refractivity contribution in [3.05, 3.63) is 178 Å². The smallest absolute Gasteiger partial charge is 0.261 e. The molecule has 0 radical (unpaired) electrons. The van der Waals surface area contributed by atoms with Crippen LogP contribution in [-0.2, 0) is 22.6 Å². The van der Waals surface area contributed by atoms with E-state index in [1.165, 1.54) is 21.2 Å². The molecule has 2 amide bonds. The molecule has 4 unspecified atom stereocenters. The van der Waals surface area contributed by atoms with Crippen molar-refractivity contribution in [2.45, 2.75) is 51.0 Å². The maximum atomic E-state index is 13.0. The summed E-state index contributed by atoms with van der Waals surface area (Å²) in [4.78, 5) is 29.6. The fourth-order valence-electron chi connectivity index (χ4n) is 7.48. The van der Waals surface area contributed by atoms with Crippen LogP contribution >= 0.6 is 0 Å². The fourth-order valence-corrected chi connectivity index (χ4v) is 7.48. The Morgan fingerprint density at radius 2 is 1.38 bits per heavy atom. The number of nitrogens with zero attached hydrogens (tertiary/aromatic N) is 2. The Hall–Kier alpha value is -5.44. The topological polar surface area (TPSA) is 79.3 Å². The summed E-state index contributed by atoms with van der Waals surface area (Å²) in [5.41, 5.74) is 7.87. The van der Waals surface area contributed by atoms with Crippen LogP contribution in [0.3, 0.4) is 0 Å². The van der Waals surface area contributed by atoms with Gasteiger partial charge in [-0.15, -0.1) is 0 Å². The first-order chi connectivity index (χ1) is 25.8. The molecule has 0 saturated carbocycles. The highest BCUT2D eigenvalue weighted by Gasteiger charge is 2.35. The van der Waals surface area contributed by atoms with E-state index in [9.17, 15) is 14.7 Å². The van der Waals surface area contributed by atoms with Crippen molar-refractivity contribution in [3.8, 4) is 11.1 Å². The lowest BCUT2D eigenvalue weighted by atomic mass is 9.98. The van der Waals surface area contributed by atoms with Crippen molar-refractivity contribution in [2.75, 3.05) is 13.6 Å². The van der Waals surface area contributed by atoms with Crippen LogP contribution in [0, 0.1) is 0 Å². The third kappa shape index (κ3) is 7.17. The van der Waals surface area contributed by atoms with Crippen LogP contribution < -0.4 is 0 Å². The third-order valence-electron chi connectivity index (χ3n) is 10.7. The normalized spacial score (nSPS) is 19.2. The molecule has 7 heteroatoms. The number of hydrogen-bond acceptors (Lipinski definition) is 6. The second-order valence-corrected chi connectivity index (χ2v) is 14.1. The van der Waals surface area contributed by atoms with E-state index in [2.05, 4.69) is 73.5 Å². The number of benzene rings is 6. The molecular weight excluding hydrogens is 661 g/mol. The highest BCUT2D eigenvalue weighted by molar-refractivity contribution is 6.21. The standard InChI is InChI=1S/C46H42N2O5/c1-30(37-23-20-33-9-3-4-10-39(33)25-37)47(2)28-40-26-43(35-16-14-31(29-49)15-17-35)53-46(52-40)36-21-18-34(19-22-36)38-11-7-8-32(24-38)27-48-44(50)41-12-5-6-13-42(41)45(48)51/h3-25,30,40,43,46,49H,26-29H2,1-2H3. The maximum Gasteiger partial charge on any atom is 0.261 e. The lowest BCUT2D eigenvalue weighted by molar-refractivity contribution is -0.253. The van der Waals surface area contributed by atoms with Gasteiger partial charge in [-0.2, -0.15) is 0 Å².